The van der Waals surface area contributed by atoms with Crippen LogP contribution in [0.3, 0.4) is 0 Å². The Morgan fingerprint density at radius 2 is 1.93 bits per heavy atom. The zero-order valence-electron chi connectivity index (χ0n) is 16.8. The van der Waals surface area contributed by atoms with E-state index in [0.29, 0.717) is 11.4 Å². The number of sulfone groups is 1. The number of nitrogens with one attached hydrogen (secondary N) is 2. The smallest absolute Gasteiger partial charge is 0.237 e. The fourth-order valence-electron chi connectivity index (χ4n) is 3.09. The van der Waals surface area contributed by atoms with Crippen molar-refractivity contribution in [3.63, 3.8) is 0 Å². The maximum absolute atomic E-state index is 12.8. The maximum atomic E-state index is 12.8. The molecule has 6 nitrogen and oxygen atoms in total. The average Bonchev–Trinajstić information content (AvgIpc) is 2.64. The number of carbonyl (C=O) groups is 2. The molecular formula is C21H24N2O4S2. The Morgan fingerprint density at radius 3 is 2.62 bits per heavy atom. The second-order valence-electron chi connectivity index (χ2n) is 7.40. The summed E-state index contributed by atoms with van der Waals surface area (Å²) in [5.74, 6) is -1.56. The van der Waals surface area contributed by atoms with Gasteiger partial charge in [0.05, 0.1) is 21.6 Å². The van der Waals surface area contributed by atoms with Gasteiger partial charge in [-0.1, -0.05) is 24.6 Å². The van der Waals surface area contributed by atoms with E-state index in [4.69, 9.17) is 0 Å². The molecular weight excluding hydrogens is 408 g/mol. The van der Waals surface area contributed by atoms with Gasteiger partial charge in [-0.3, -0.25) is 9.59 Å². The van der Waals surface area contributed by atoms with Crippen LogP contribution in [0.25, 0.3) is 0 Å². The highest BCUT2D eigenvalue weighted by atomic mass is 32.2. The zero-order chi connectivity index (χ0) is 21.3. The molecule has 0 spiro atoms. The number of benzene rings is 2. The third kappa shape index (κ3) is 4.82. The van der Waals surface area contributed by atoms with Gasteiger partial charge in [-0.15, -0.1) is 11.8 Å². The molecule has 0 radical (unpaired) electrons. The number of amides is 2. The summed E-state index contributed by atoms with van der Waals surface area (Å²) < 4.78 is 25.7. The molecule has 1 aliphatic rings. The van der Waals surface area contributed by atoms with Gasteiger partial charge in [-0.05, 0) is 50.6 Å². The van der Waals surface area contributed by atoms with Crippen molar-refractivity contribution < 1.29 is 18.0 Å². The Balaban J connectivity index is 1.74. The van der Waals surface area contributed by atoms with Crippen LogP contribution in [0.1, 0.15) is 25.0 Å². The number of carbonyl (C=O) groups excluding carboxylic acids is 2. The average molecular weight is 433 g/mol. The number of aryl methyl sites for hydroxylation is 2. The third-order valence-electron chi connectivity index (χ3n) is 4.80. The first kappa shape index (κ1) is 21.4. The number of hydrogen-bond acceptors (Lipinski definition) is 5. The quantitative estimate of drug-likeness (QED) is 0.750. The molecule has 0 bridgehead atoms. The van der Waals surface area contributed by atoms with E-state index in [1.165, 1.54) is 23.9 Å². The normalized spacial score (nSPS) is 17.2. The summed E-state index contributed by atoms with van der Waals surface area (Å²) in [5.41, 5.74) is 3.17. The standard InChI is InChI=1S/C21H24N2O4S2/c1-12-5-7-17(13(2)9-12)22-20(24)14(3)11-29(26,27)16-6-8-19-18(10-16)23-21(25)15(4)28-19/h5-10,14-15H,11H2,1-4H3,(H,22,24)(H,23,25)/t14-,15-/m0/s1. The fourth-order valence-corrected chi connectivity index (χ4v) is 5.60. The first-order valence-electron chi connectivity index (χ1n) is 9.29. The summed E-state index contributed by atoms with van der Waals surface area (Å²) in [7, 11) is -3.70. The van der Waals surface area contributed by atoms with Gasteiger partial charge in [0.15, 0.2) is 9.84 Å². The lowest BCUT2D eigenvalue weighted by Crippen LogP contribution is -2.28. The van der Waals surface area contributed by atoms with Crippen LogP contribution in [0, 0.1) is 19.8 Å². The minimum atomic E-state index is -3.70. The van der Waals surface area contributed by atoms with Gasteiger partial charge in [0.25, 0.3) is 0 Å². The van der Waals surface area contributed by atoms with Crippen LogP contribution < -0.4 is 10.6 Å². The van der Waals surface area contributed by atoms with E-state index in [2.05, 4.69) is 10.6 Å². The summed E-state index contributed by atoms with van der Waals surface area (Å²) in [4.78, 5) is 25.3. The molecule has 2 N–H and O–H groups in total. The van der Waals surface area contributed by atoms with Gasteiger partial charge < -0.3 is 10.6 Å². The molecule has 0 unspecified atom stereocenters. The van der Waals surface area contributed by atoms with E-state index in [1.807, 2.05) is 32.0 Å². The first-order chi connectivity index (χ1) is 13.6. The molecule has 1 aliphatic heterocycles. The van der Waals surface area contributed by atoms with E-state index in [0.717, 1.165) is 16.0 Å². The highest BCUT2D eigenvalue weighted by Crippen LogP contribution is 2.37. The third-order valence-corrected chi connectivity index (χ3v) is 7.89. The Morgan fingerprint density at radius 1 is 1.21 bits per heavy atom. The molecule has 29 heavy (non-hydrogen) atoms. The Hall–Kier alpha value is -2.32. The highest BCUT2D eigenvalue weighted by Gasteiger charge is 2.27. The van der Waals surface area contributed by atoms with Crippen molar-refractivity contribution in [3.05, 3.63) is 47.5 Å². The van der Waals surface area contributed by atoms with Gasteiger partial charge >= 0.3 is 0 Å². The van der Waals surface area contributed by atoms with Gasteiger partial charge in [0, 0.05) is 16.5 Å². The van der Waals surface area contributed by atoms with Crippen LogP contribution in [0.4, 0.5) is 11.4 Å². The second-order valence-corrected chi connectivity index (χ2v) is 10.8. The van der Waals surface area contributed by atoms with Crippen molar-refractivity contribution in [1.82, 2.24) is 0 Å². The molecule has 154 valence electrons. The van der Waals surface area contributed by atoms with E-state index in [-0.39, 0.29) is 27.7 Å². The monoisotopic (exact) mass is 432 g/mol. The van der Waals surface area contributed by atoms with Gasteiger partial charge in [-0.25, -0.2) is 8.42 Å². The first-order valence-corrected chi connectivity index (χ1v) is 11.8. The van der Waals surface area contributed by atoms with Crippen molar-refractivity contribution in [3.8, 4) is 0 Å². The SMILES string of the molecule is Cc1ccc(NC(=O)[C@@H](C)CS(=O)(=O)c2ccc3c(c2)NC(=O)[C@H](C)S3)c(C)c1. The van der Waals surface area contributed by atoms with Gasteiger partial charge in [-0.2, -0.15) is 0 Å². The van der Waals surface area contributed by atoms with Crippen molar-refractivity contribution in [2.75, 3.05) is 16.4 Å². The van der Waals surface area contributed by atoms with Crippen molar-refractivity contribution >= 4 is 44.8 Å². The van der Waals surface area contributed by atoms with Crippen LogP contribution in [0.15, 0.2) is 46.2 Å². The Bertz CT molecular complexity index is 1080. The molecule has 2 aromatic carbocycles. The van der Waals surface area contributed by atoms with E-state index >= 15 is 0 Å². The predicted octanol–water partition coefficient (Wildman–Crippen LogP) is 3.78. The molecule has 2 atom stereocenters. The number of fused-ring (bicyclic) bond motifs is 1. The number of hydrogen-bond donors (Lipinski definition) is 2. The molecule has 3 rings (SSSR count). The Labute approximate surface area is 175 Å². The van der Waals surface area contributed by atoms with Crippen molar-refractivity contribution in [1.29, 1.82) is 0 Å². The van der Waals surface area contributed by atoms with E-state index in [9.17, 15) is 18.0 Å². The van der Waals surface area contributed by atoms with Crippen LogP contribution in [-0.2, 0) is 19.4 Å². The van der Waals surface area contributed by atoms with Gasteiger partial charge in [0.1, 0.15) is 0 Å². The van der Waals surface area contributed by atoms with Crippen LogP contribution in [-0.4, -0.2) is 31.2 Å². The van der Waals surface area contributed by atoms with E-state index < -0.39 is 15.8 Å². The second kappa shape index (κ2) is 8.20. The number of rotatable bonds is 5. The topological polar surface area (TPSA) is 92.3 Å². The number of anilines is 2. The minimum absolute atomic E-state index is 0.0952. The molecule has 0 fully saturated rings. The largest absolute Gasteiger partial charge is 0.326 e. The summed E-state index contributed by atoms with van der Waals surface area (Å²) >= 11 is 1.39. The zero-order valence-corrected chi connectivity index (χ0v) is 18.4. The molecule has 2 amide bonds. The number of thioether (sulfide) groups is 1. The molecule has 1 heterocycles. The lowest BCUT2D eigenvalue weighted by atomic mass is 10.1. The van der Waals surface area contributed by atoms with E-state index in [1.54, 1.807) is 19.9 Å². The minimum Gasteiger partial charge on any atom is -0.326 e. The molecule has 0 saturated carbocycles. The molecule has 0 saturated heterocycles. The summed E-state index contributed by atoms with van der Waals surface area (Å²) in [6.45, 7) is 7.25. The predicted molar refractivity (Wildman–Crippen MR) is 116 cm³/mol. The molecule has 2 aromatic rings. The summed E-state index contributed by atoms with van der Waals surface area (Å²) in [6.07, 6.45) is 0. The van der Waals surface area contributed by atoms with Crippen LogP contribution in [0.5, 0.6) is 0 Å². The lowest BCUT2D eigenvalue weighted by Gasteiger charge is -2.22. The molecule has 8 heteroatoms. The summed E-state index contributed by atoms with van der Waals surface area (Å²) in [5, 5.41) is 5.32. The molecule has 0 aliphatic carbocycles. The summed E-state index contributed by atoms with van der Waals surface area (Å²) in [6, 6.07) is 10.4. The lowest BCUT2D eigenvalue weighted by molar-refractivity contribution is -0.119. The maximum Gasteiger partial charge on any atom is 0.237 e. The fraction of sp³-hybridized carbons (Fsp3) is 0.333. The van der Waals surface area contributed by atoms with Crippen LogP contribution >= 0.6 is 11.8 Å². The highest BCUT2D eigenvalue weighted by molar-refractivity contribution is 8.01. The Kier molecular flexibility index (Phi) is 6.05. The van der Waals surface area contributed by atoms with Crippen LogP contribution in [0.2, 0.25) is 0 Å². The van der Waals surface area contributed by atoms with Gasteiger partial charge in [0.2, 0.25) is 11.8 Å². The molecule has 0 aromatic heterocycles. The van der Waals surface area contributed by atoms with Crippen molar-refractivity contribution in [2.45, 2.75) is 42.7 Å². The van der Waals surface area contributed by atoms with Crippen molar-refractivity contribution in [2.24, 2.45) is 5.92 Å².